The smallest absolute Gasteiger partial charge is 0.245 e. The SMILES string of the molecule is COc1ncnc(OC)c1-n1c(NS(=O)(=O)[C@H](C)[C@@H](C)c2ncc(Cl)cn2)nnc1-c1n[nH]c2ccccc12. The van der Waals surface area contributed by atoms with Gasteiger partial charge in [-0.05, 0) is 13.0 Å². The lowest BCUT2D eigenvalue weighted by Crippen LogP contribution is -2.31. The fourth-order valence-electron chi connectivity index (χ4n) is 3.94. The Bertz CT molecular complexity index is 1720. The normalized spacial score (nSPS) is 13.3. The number of nitrogens with one attached hydrogen (secondary N) is 2. The number of halogens is 1. The Morgan fingerprint density at radius 1 is 1.00 bits per heavy atom. The second-order valence-electron chi connectivity index (χ2n) is 8.44. The first-order chi connectivity index (χ1) is 18.7. The number of ether oxygens (including phenoxy) is 2. The molecule has 0 fully saturated rings. The van der Waals surface area contributed by atoms with E-state index in [-0.39, 0.29) is 29.2 Å². The summed E-state index contributed by atoms with van der Waals surface area (Å²) in [4.78, 5) is 16.7. The number of sulfonamides is 1. The van der Waals surface area contributed by atoms with Gasteiger partial charge in [0.2, 0.25) is 27.7 Å². The third-order valence-electron chi connectivity index (χ3n) is 6.19. The first-order valence-corrected chi connectivity index (χ1v) is 13.5. The Hall–Kier alpha value is -4.37. The van der Waals surface area contributed by atoms with Gasteiger partial charge in [0.25, 0.3) is 0 Å². The van der Waals surface area contributed by atoms with Gasteiger partial charge in [0.05, 0.1) is 30.0 Å². The van der Waals surface area contributed by atoms with Crippen molar-refractivity contribution in [2.45, 2.75) is 25.0 Å². The van der Waals surface area contributed by atoms with Crippen LogP contribution in [0.3, 0.4) is 0 Å². The van der Waals surface area contributed by atoms with Gasteiger partial charge in [-0.25, -0.2) is 23.0 Å². The molecule has 0 aliphatic carbocycles. The van der Waals surface area contributed by atoms with E-state index in [9.17, 15) is 8.42 Å². The molecule has 4 aromatic heterocycles. The zero-order valence-electron chi connectivity index (χ0n) is 21.2. The van der Waals surface area contributed by atoms with Gasteiger partial charge in [0.1, 0.15) is 17.8 Å². The van der Waals surface area contributed by atoms with Crippen LogP contribution in [0.1, 0.15) is 25.6 Å². The minimum absolute atomic E-state index is 0.0965. The van der Waals surface area contributed by atoms with Gasteiger partial charge in [-0.3, -0.25) is 9.82 Å². The Morgan fingerprint density at radius 3 is 2.33 bits per heavy atom. The molecular weight excluding hydrogens is 548 g/mol. The Kier molecular flexibility index (Phi) is 7.01. The molecule has 14 nitrogen and oxygen atoms in total. The molecule has 39 heavy (non-hydrogen) atoms. The molecule has 2 atom stereocenters. The molecule has 0 aliphatic heterocycles. The van der Waals surface area contributed by atoms with Crippen molar-refractivity contribution in [3.63, 3.8) is 0 Å². The predicted molar refractivity (Wildman–Crippen MR) is 143 cm³/mol. The van der Waals surface area contributed by atoms with Crippen LogP contribution < -0.4 is 14.2 Å². The number of fused-ring (bicyclic) bond motifs is 1. The van der Waals surface area contributed by atoms with Crippen LogP contribution in [0.5, 0.6) is 11.8 Å². The van der Waals surface area contributed by atoms with Crippen LogP contribution in [-0.4, -0.2) is 72.8 Å². The van der Waals surface area contributed by atoms with Crippen molar-refractivity contribution >= 4 is 38.5 Å². The molecule has 0 spiro atoms. The van der Waals surface area contributed by atoms with Gasteiger partial charge >= 0.3 is 0 Å². The van der Waals surface area contributed by atoms with Crippen LogP contribution in [0, 0.1) is 0 Å². The van der Waals surface area contributed by atoms with Gasteiger partial charge in [-0.2, -0.15) is 15.1 Å². The molecule has 0 radical (unpaired) electrons. The highest BCUT2D eigenvalue weighted by Gasteiger charge is 2.33. The van der Waals surface area contributed by atoms with Gasteiger partial charge in [-0.15, -0.1) is 10.2 Å². The Labute approximate surface area is 227 Å². The number of rotatable bonds is 9. The highest BCUT2D eigenvalue weighted by atomic mass is 35.5. The number of methoxy groups -OCH3 is 2. The number of aromatic nitrogens is 9. The molecule has 5 aromatic rings. The van der Waals surface area contributed by atoms with Crippen molar-refractivity contribution in [2.75, 3.05) is 18.9 Å². The van der Waals surface area contributed by atoms with Crippen molar-refractivity contribution in [1.29, 1.82) is 0 Å². The van der Waals surface area contributed by atoms with E-state index in [2.05, 4.69) is 45.1 Å². The van der Waals surface area contributed by atoms with Crippen molar-refractivity contribution < 1.29 is 17.9 Å². The molecule has 0 saturated carbocycles. The molecule has 0 bridgehead atoms. The van der Waals surface area contributed by atoms with Crippen LogP contribution in [0.25, 0.3) is 28.1 Å². The summed E-state index contributed by atoms with van der Waals surface area (Å²) in [6, 6.07) is 7.41. The van der Waals surface area contributed by atoms with Crippen LogP contribution >= 0.6 is 11.6 Å². The molecule has 0 saturated heterocycles. The van der Waals surface area contributed by atoms with Gasteiger partial charge in [-0.1, -0.05) is 36.7 Å². The molecule has 4 heterocycles. The van der Waals surface area contributed by atoms with Crippen LogP contribution in [0.15, 0.2) is 43.0 Å². The molecule has 2 N–H and O–H groups in total. The second kappa shape index (κ2) is 10.4. The zero-order valence-corrected chi connectivity index (χ0v) is 22.8. The molecule has 0 unspecified atom stereocenters. The maximum absolute atomic E-state index is 13.6. The summed E-state index contributed by atoms with van der Waals surface area (Å²) in [6.45, 7) is 3.25. The first kappa shape index (κ1) is 26.2. The lowest BCUT2D eigenvalue weighted by atomic mass is 10.1. The summed E-state index contributed by atoms with van der Waals surface area (Å²) < 4.78 is 42.1. The second-order valence-corrected chi connectivity index (χ2v) is 10.9. The summed E-state index contributed by atoms with van der Waals surface area (Å²) in [5.41, 5.74) is 1.33. The predicted octanol–water partition coefficient (Wildman–Crippen LogP) is 3.00. The Balaban J connectivity index is 1.65. The summed E-state index contributed by atoms with van der Waals surface area (Å²) in [5.74, 6) is -0.0339. The van der Waals surface area contributed by atoms with Crippen molar-refractivity contribution in [1.82, 2.24) is 44.9 Å². The number of anilines is 1. The number of H-pyrrole nitrogens is 1. The minimum atomic E-state index is -4.08. The van der Waals surface area contributed by atoms with Crippen molar-refractivity contribution in [3.05, 3.63) is 53.8 Å². The highest BCUT2D eigenvalue weighted by molar-refractivity contribution is 7.93. The molecule has 1 aromatic carbocycles. The number of hydrogen-bond acceptors (Lipinski definition) is 11. The number of para-hydroxylation sites is 1. The van der Waals surface area contributed by atoms with Crippen LogP contribution in [-0.2, 0) is 10.0 Å². The quantitative estimate of drug-likeness (QED) is 0.266. The molecule has 5 rings (SSSR count). The van der Waals surface area contributed by atoms with E-state index >= 15 is 0 Å². The van der Waals surface area contributed by atoms with E-state index in [0.717, 1.165) is 10.9 Å². The third-order valence-corrected chi connectivity index (χ3v) is 8.23. The molecule has 0 amide bonds. The third kappa shape index (κ3) is 4.81. The van der Waals surface area contributed by atoms with Crippen molar-refractivity contribution in [3.8, 4) is 29.0 Å². The maximum atomic E-state index is 13.6. The Morgan fingerprint density at radius 2 is 1.67 bits per heavy atom. The van der Waals surface area contributed by atoms with E-state index in [1.807, 2.05) is 24.3 Å². The molecular formula is C23H23ClN10O4S. The van der Waals surface area contributed by atoms with Gasteiger partial charge in [0.15, 0.2) is 11.5 Å². The summed E-state index contributed by atoms with van der Waals surface area (Å²) >= 11 is 5.89. The number of hydrogen-bond donors (Lipinski definition) is 2. The highest BCUT2D eigenvalue weighted by Crippen LogP contribution is 2.36. The van der Waals surface area contributed by atoms with Crippen LogP contribution in [0.2, 0.25) is 5.02 Å². The minimum Gasteiger partial charge on any atom is -0.479 e. The topological polar surface area (TPSA) is 176 Å². The first-order valence-electron chi connectivity index (χ1n) is 11.6. The number of aromatic amines is 1. The largest absolute Gasteiger partial charge is 0.479 e. The van der Waals surface area contributed by atoms with E-state index in [4.69, 9.17) is 21.1 Å². The maximum Gasteiger partial charge on any atom is 0.245 e. The molecule has 0 aliphatic rings. The lowest BCUT2D eigenvalue weighted by Gasteiger charge is -2.20. The lowest BCUT2D eigenvalue weighted by molar-refractivity contribution is 0.368. The summed E-state index contributed by atoms with van der Waals surface area (Å²) in [5, 5.41) is 15.9. The standard InChI is InChI=1S/C23H23ClN10O4S/c1-12(19-25-9-14(24)10-26-19)13(2)39(35,36)33-23-32-31-20(17-15-7-5-6-8-16(15)29-30-17)34(23)18-21(37-3)27-11-28-22(18)38-4/h5-13H,1-4H3,(H,29,30)(H,32,33)/t12-,13-/m1/s1. The average molecular weight is 571 g/mol. The summed E-state index contributed by atoms with van der Waals surface area (Å²) in [6.07, 6.45) is 4.09. The fraction of sp³-hybridized carbons (Fsp3) is 0.261. The zero-order chi connectivity index (χ0) is 27.7. The average Bonchev–Trinajstić information content (AvgIpc) is 3.55. The molecule has 202 valence electrons. The monoisotopic (exact) mass is 570 g/mol. The molecule has 16 heteroatoms. The number of benzene rings is 1. The van der Waals surface area contributed by atoms with Gasteiger partial charge in [0, 0.05) is 23.7 Å². The van der Waals surface area contributed by atoms with Crippen LogP contribution in [0.4, 0.5) is 5.95 Å². The van der Waals surface area contributed by atoms with E-state index in [1.165, 1.54) is 37.5 Å². The number of nitrogens with zero attached hydrogens (tertiary/aromatic N) is 8. The van der Waals surface area contributed by atoms with Gasteiger partial charge < -0.3 is 9.47 Å². The van der Waals surface area contributed by atoms with E-state index < -0.39 is 21.2 Å². The fourth-order valence-corrected chi connectivity index (χ4v) is 5.27. The van der Waals surface area contributed by atoms with E-state index in [0.29, 0.717) is 16.5 Å². The summed E-state index contributed by atoms with van der Waals surface area (Å²) in [7, 11) is -1.24. The van der Waals surface area contributed by atoms with Crippen molar-refractivity contribution in [2.24, 2.45) is 0 Å². The van der Waals surface area contributed by atoms with E-state index in [1.54, 1.807) is 13.8 Å².